The third kappa shape index (κ3) is 7.11. The summed E-state index contributed by atoms with van der Waals surface area (Å²) < 4.78 is 23.8. The van der Waals surface area contributed by atoms with E-state index in [-0.39, 0.29) is 18.3 Å². The number of benzene rings is 2. The minimum absolute atomic E-state index is 0.0788. The lowest BCUT2D eigenvalue weighted by Gasteiger charge is -2.16. The first-order valence-corrected chi connectivity index (χ1v) is 8.62. The summed E-state index contributed by atoms with van der Waals surface area (Å²) in [6.45, 7) is 4.22. The van der Waals surface area contributed by atoms with E-state index in [0.717, 1.165) is 17.1 Å². The van der Waals surface area contributed by atoms with Crippen molar-refractivity contribution < 1.29 is 18.7 Å². The lowest BCUT2D eigenvalue weighted by atomic mass is 10.2. The number of halogens is 1. The standard InChI is InChI=1S/C20H25FN2O3/c1-3-25-18-8-10-19(11-9-18)26-13-12-22-20(24)15-23(2)14-16-4-6-17(21)7-5-16/h4-11H,3,12-15H2,1-2H3,(H,22,24). The SMILES string of the molecule is CCOc1ccc(OCCNC(=O)CN(C)Cc2ccc(F)cc2)cc1. The van der Waals surface area contributed by atoms with E-state index in [9.17, 15) is 9.18 Å². The first-order chi connectivity index (χ1) is 12.6. The van der Waals surface area contributed by atoms with E-state index in [2.05, 4.69) is 5.32 Å². The largest absolute Gasteiger partial charge is 0.494 e. The number of hydrogen-bond donors (Lipinski definition) is 1. The fourth-order valence-corrected chi connectivity index (χ4v) is 2.42. The maximum absolute atomic E-state index is 12.9. The normalized spacial score (nSPS) is 10.6. The molecule has 0 saturated carbocycles. The van der Waals surface area contributed by atoms with Crippen molar-refractivity contribution in [1.82, 2.24) is 10.2 Å². The minimum atomic E-state index is -0.262. The first kappa shape index (κ1) is 19.7. The summed E-state index contributed by atoms with van der Waals surface area (Å²) in [6.07, 6.45) is 0. The molecule has 2 rings (SSSR count). The van der Waals surface area contributed by atoms with E-state index in [0.29, 0.717) is 26.3 Å². The zero-order chi connectivity index (χ0) is 18.8. The van der Waals surface area contributed by atoms with Crippen molar-refractivity contribution in [3.05, 3.63) is 59.9 Å². The number of rotatable bonds is 10. The molecule has 2 aromatic rings. The van der Waals surface area contributed by atoms with Crippen LogP contribution in [0.25, 0.3) is 0 Å². The molecule has 0 aromatic heterocycles. The number of hydrogen-bond acceptors (Lipinski definition) is 4. The quantitative estimate of drug-likeness (QED) is 0.662. The Hall–Kier alpha value is -2.60. The number of nitrogens with one attached hydrogen (secondary N) is 1. The fourth-order valence-electron chi connectivity index (χ4n) is 2.42. The summed E-state index contributed by atoms with van der Waals surface area (Å²) in [5.74, 6) is 1.19. The average Bonchev–Trinajstić information content (AvgIpc) is 2.62. The number of carbonyl (C=O) groups excluding carboxylic acids is 1. The van der Waals surface area contributed by atoms with Crippen LogP contribution in [-0.2, 0) is 11.3 Å². The topological polar surface area (TPSA) is 50.8 Å². The number of ether oxygens (including phenoxy) is 2. The van der Waals surface area contributed by atoms with E-state index in [4.69, 9.17) is 9.47 Å². The fraction of sp³-hybridized carbons (Fsp3) is 0.350. The van der Waals surface area contributed by atoms with Crippen LogP contribution in [-0.4, -0.2) is 44.2 Å². The summed E-state index contributed by atoms with van der Waals surface area (Å²) in [5, 5.41) is 2.82. The Kier molecular flexibility index (Phi) is 7.89. The zero-order valence-corrected chi connectivity index (χ0v) is 15.2. The van der Waals surface area contributed by atoms with Crippen molar-refractivity contribution in [1.29, 1.82) is 0 Å². The van der Waals surface area contributed by atoms with Crippen LogP contribution >= 0.6 is 0 Å². The number of likely N-dealkylation sites (N-methyl/N-ethyl adjacent to an activating group) is 1. The van der Waals surface area contributed by atoms with Gasteiger partial charge in [-0.2, -0.15) is 0 Å². The van der Waals surface area contributed by atoms with E-state index >= 15 is 0 Å². The van der Waals surface area contributed by atoms with E-state index in [1.165, 1.54) is 12.1 Å². The zero-order valence-electron chi connectivity index (χ0n) is 15.2. The molecule has 140 valence electrons. The Bertz CT molecular complexity index is 674. The minimum Gasteiger partial charge on any atom is -0.494 e. The summed E-state index contributed by atoms with van der Waals surface area (Å²) in [4.78, 5) is 13.8. The van der Waals surface area contributed by atoms with Crippen LogP contribution in [0.5, 0.6) is 11.5 Å². The van der Waals surface area contributed by atoms with Crippen molar-refractivity contribution in [2.45, 2.75) is 13.5 Å². The summed E-state index contributed by atoms with van der Waals surface area (Å²) in [7, 11) is 1.85. The average molecular weight is 360 g/mol. The van der Waals surface area contributed by atoms with Gasteiger partial charge in [0, 0.05) is 6.54 Å². The highest BCUT2D eigenvalue weighted by molar-refractivity contribution is 5.77. The molecule has 0 fully saturated rings. The second-order valence-electron chi connectivity index (χ2n) is 5.90. The highest BCUT2D eigenvalue weighted by Gasteiger charge is 2.07. The summed E-state index contributed by atoms with van der Waals surface area (Å²) in [6, 6.07) is 13.6. The van der Waals surface area contributed by atoms with Crippen molar-refractivity contribution in [3.8, 4) is 11.5 Å². The molecule has 1 N–H and O–H groups in total. The Morgan fingerprint density at radius 2 is 1.65 bits per heavy atom. The van der Waals surface area contributed by atoms with Gasteiger partial charge in [-0.3, -0.25) is 9.69 Å². The van der Waals surface area contributed by atoms with Crippen molar-refractivity contribution in [3.63, 3.8) is 0 Å². The summed E-state index contributed by atoms with van der Waals surface area (Å²) >= 11 is 0. The van der Waals surface area contributed by atoms with E-state index in [1.54, 1.807) is 12.1 Å². The predicted octanol–water partition coefficient (Wildman–Crippen LogP) is 2.85. The highest BCUT2D eigenvalue weighted by Crippen LogP contribution is 2.17. The molecule has 0 unspecified atom stereocenters. The van der Waals surface area contributed by atoms with Gasteiger partial charge in [0.05, 0.1) is 19.7 Å². The van der Waals surface area contributed by atoms with Gasteiger partial charge in [-0.15, -0.1) is 0 Å². The Labute approximate surface area is 153 Å². The third-order valence-corrected chi connectivity index (χ3v) is 3.61. The van der Waals surface area contributed by atoms with Crippen LogP contribution < -0.4 is 14.8 Å². The smallest absolute Gasteiger partial charge is 0.234 e. The third-order valence-electron chi connectivity index (χ3n) is 3.61. The lowest BCUT2D eigenvalue weighted by Crippen LogP contribution is -2.36. The van der Waals surface area contributed by atoms with Crippen molar-refractivity contribution in [2.75, 3.05) is 33.4 Å². The van der Waals surface area contributed by atoms with Gasteiger partial charge in [0.15, 0.2) is 0 Å². The molecule has 0 radical (unpaired) electrons. The van der Waals surface area contributed by atoms with Crippen LogP contribution in [0.1, 0.15) is 12.5 Å². The summed E-state index contributed by atoms with van der Waals surface area (Å²) in [5.41, 5.74) is 0.959. The molecule has 0 bridgehead atoms. The molecule has 1 amide bonds. The van der Waals surface area contributed by atoms with Gasteiger partial charge in [-0.25, -0.2) is 4.39 Å². The van der Waals surface area contributed by atoms with Crippen LogP contribution in [0.3, 0.4) is 0 Å². The van der Waals surface area contributed by atoms with Crippen LogP contribution in [0.15, 0.2) is 48.5 Å². The van der Waals surface area contributed by atoms with E-state index in [1.807, 2.05) is 43.1 Å². The molecule has 26 heavy (non-hydrogen) atoms. The number of carbonyl (C=O) groups is 1. The first-order valence-electron chi connectivity index (χ1n) is 8.62. The van der Waals surface area contributed by atoms with Gasteiger partial charge in [-0.05, 0) is 55.9 Å². The molecular formula is C20H25FN2O3. The van der Waals surface area contributed by atoms with Crippen LogP contribution in [0.2, 0.25) is 0 Å². The Morgan fingerprint density at radius 1 is 1.04 bits per heavy atom. The number of nitrogens with zero attached hydrogens (tertiary/aromatic N) is 1. The lowest BCUT2D eigenvalue weighted by molar-refractivity contribution is -0.122. The Morgan fingerprint density at radius 3 is 2.27 bits per heavy atom. The second-order valence-corrected chi connectivity index (χ2v) is 5.90. The van der Waals surface area contributed by atoms with Gasteiger partial charge in [0.1, 0.15) is 23.9 Å². The molecule has 0 saturated heterocycles. The van der Waals surface area contributed by atoms with Crippen molar-refractivity contribution in [2.24, 2.45) is 0 Å². The molecule has 2 aromatic carbocycles. The Balaban J connectivity index is 1.62. The maximum atomic E-state index is 12.9. The van der Waals surface area contributed by atoms with Gasteiger partial charge in [-0.1, -0.05) is 12.1 Å². The monoisotopic (exact) mass is 360 g/mol. The molecule has 0 aliphatic carbocycles. The second kappa shape index (κ2) is 10.4. The molecular weight excluding hydrogens is 335 g/mol. The molecule has 0 spiro atoms. The molecule has 0 heterocycles. The van der Waals surface area contributed by atoms with Crippen LogP contribution in [0, 0.1) is 5.82 Å². The molecule has 5 nitrogen and oxygen atoms in total. The molecule has 0 atom stereocenters. The van der Waals surface area contributed by atoms with Gasteiger partial charge < -0.3 is 14.8 Å². The van der Waals surface area contributed by atoms with Crippen molar-refractivity contribution >= 4 is 5.91 Å². The van der Waals surface area contributed by atoms with Gasteiger partial charge >= 0.3 is 0 Å². The molecule has 0 aliphatic heterocycles. The predicted molar refractivity (Wildman–Crippen MR) is 98.8 cm³/mol. The van der Waals surface area contributed by atoms with E-state index < -0.39 is 0 Å². The molecule has 6 heteroatoms. The van der Waals surface area contributed by atoms with Gasteiger partial charge in [0.25, 0.3) is 0 Å². The molecule has 0 aliphatic rings. The number of amides is 1. The van der Waals surface area contributed by atoms with Gasteiger partial charge in [0.2, 0.25) is 5.91 Å². The highest BCUT2D eigenvalue weighted by atomic mass is 19.1. The maximum Gasteiger partial charge on any atom is 0.234 e. The van der Waals surface area contributed by atoms with Crippen LogP contribution in [0.4, 0.5) is 4.39 Å².